The van der Waals surface area contributed by atoms with Crippen LogP contribution in [0.1, 0.15) is 48.8 Å². The summed E-state index contributed by atoms with van der Waals surface area (Å²) in [5.41, 5.74) is 1.31. The number of likely N-dealkylation sites (tertiary alicyclic amines) is 1. The smallest absolute Gasteiger partial charge is 0.246 e. The van der Waals surface area contributed by atoms with E-state index in [0.29, 0.717) is 28.6 Å². The molecular formula is C30H33Cl3N2O4. The Morgan fingerprint density at radius 1 is 1.18 bits per heavy atom. The van der Waals surface area contributed by atoms with Crippen LogP contribution in [0.4, 0.5) is 0 Å². The average Bonchev–Trinajstić information content (AvgIpc) is 3.64. The molecule has 6 nitrogen and oxygen atoms in total. The van der Waals surface area contributed by atoms with Crippen LogP contribution < -0.4 is 4.74 Å². The van der Waals surface area contributed by atoms with Gasteiger partial charge in [0.25, 0.3) is 0 Å². The van der Waals surface area contributed by atoms with Crippen molar-refractivity contribution in [3.05, 3.63) is 63.1 Å². The number of benzene rings is 2. The number of amides is 1. The third kappa shape index (κ3) is 3.93. The zero-order valence-electron chi connectivity index (χ0n) is 21.8. The lowest BCUT2D eigenvalue weighted by molar-refractivity contribution is -0.200. The number of hydrogen-bond acceptors (Lipinski definition) is 5. The van der Waals surface area contributed by atoms with E-state index >= 15 is 0 Å². The summed E-state index contributed by atoms with van der Waals surface area (Å²) in [7, 11) is 1.81. The number of nitrogens with zero attached hydrogens (tertiary/aromatic N) is 2. The summed E-state index contributed by atoms with van der Waals surface area (Å²) in [5, 5.41) is 24.3. The van der Waals surface area contributed by atoms with Gasteiger partial charge in [0.2, 0.25) is 5.91 Å². The van der Waals surface area contributed by atoms with Gasteiger partial charge in [0.05, 0.1) is 27.1 Å². The summed E-state index contributed by atoms with van der Waals surface area (Å²) in [5.74, 6) is 1.20. The van der Waals surface area contributed by atoms with E-state index in [2.05, 4.69) is 4.90 Å². The van der Waals surface area contributed by atoms with E-state index < -0.39 is 17.1 Å². The summed E-state index contributed by atoms with van der Waals surface area (Å²) in [6.45, 7) is 1.93. The summed E-state index contributed by atoms with van der Waals surface area (Å²) in [4.78, 5) is 17.7. The number of halogens is 3. The number of phenolic OH excluding ortho intramolecular Hbond substituents is 1. The van der Waals surface area contributed by atoms with E-state index in [-0.39, 0.29) is 36.1 Å². The number of carbonyl (C=O) groups is 1. The molecule has 7 rings (SSSR count). The molecule has 5 atom stereocenters. The highest BCUT2D eigenvalue weighted by Gasteiger charge is 2.73. The predicted octanol–water partition coefficient (Wildman–Crippen LogP) is 5.23. The number of piperidine rings is 1. The lowest BCUT2D eigenvalue weighted by Crippen LogP contribution is -2.78. The maximum Gasteiger partial charge on any atom is 0.246 e. The minimum absolute atomic E-state index is 0. The monoisotopic (exact) mass is 590 g/mol. The van der Waals surface area contributed by atoms with E-state index in [1.165, 1.54) is 12.8 Å². The number of aliphatic hydroxyl groups is 1. The minimum atomic E-state index is -0.965. The van der Waals surface area contributed by atoms with Crippen molar-refractivity contribution in [3.8, 4) is 11.5 Å². The molecule has 2 heterocycles. The molecule has 1 amide bonds. The molecule has 2 aromatic rings. The largest absolute Gasteiger partial charge is 0.504 e. The molecule has 3 aliphatic carbocycles. The fraction of sp³-hybridized carbons (Fsp3) is 0.500. The van der Waals surface area contributed by atoms with Crippen molar-refractivity contribution < 1.29 is 19.7 Å². The number of ether oxygens (including phenoxy) is 1. The van der Waals surface area contributed by atoms with Crippen LogP contribution in [0, 0.1) is 5.92 Å². The molecule has 0 radical (unpaired) electrons. The van der Waals surface area contributed by atoms with Crippen molar-refractivity contribution in [2.45, 2.75) is 67.7 Å². The van der Waals surface area contributed by atoms with E-state index in [0.717, 1.165) is 48.5 Å². The summed E-state index contributed by atoms with van der Waals surface area (Å²) >= 11 is 12.2. The van der Waals surface area contributed by atoms with Gasteiger partial charge in [-0.25, -0.2) is 0 Å². The second kappa shape index (κ2) is 9.56. The topological polar surface area (TPSA) is 73.2 Å². The van der Waals surface area contributed by atoms with Crippen LogP contribution in [-0.2, 0) is 16.6 Å². The molecule has 0 unspecified atom stereocenters. The molecule has 2 N–H and O–H groups in total. The molecule has 5 aliphatic rings. The number of phenols is 1. The van der Waals surface area contributed by atoms with E-state index in [4.69, 9.17) is 27.9 Å². The van der Waals surface area contributed by atoms with Gasteiger partial charge in [-0.05, 0) is 86.4 Å². The van der Waals surface area contributed by atoms with E-state index in [1.54, 1.807) is 35.3 Å². The van der Waals surface area contributed by atoms with Gasteiger partial charge < -0.3 is 19.8 Å². The molecule has 208 valence electrons. The first kappa shape index (κ1) is 27.2. The molecule has 2 aromatic carbocycles. The lowest BCUT2D eigenvalue weighted by atomic mass is 9.48. The van der Waals surface area contributed by atoms with Crippen molar-refractivity contribution >= 4 is 47.6 Å². The quantitative estimate of drug-likeness (QED) is 0.466. The Bertz CT molecular complexity index is 1360. The Morgan fingerprint density at radius 3 is 2.72 bits per heavy atom. The van der Waals surface area contributed by atoms with Crippen LogP contribution >= 0.6 is 35.6 Å². The first-order valence-electron chi connectivity index (χ1n) is 13.6. The molecular weight excluding hydrogens is 559 g/mol. The molecule has 0 aromatic heterocycles. The zero-order chi connectivity index (χ0) is 26.4. The van der Waals surface area contributed by atoms with Crippen LogP contribution in [0.15, 0.2) is 36.4 Å². The fourth-order valence-corrected chi connectivity index (χ4v) is 8.22. The van der Waals surface area contributed by atoms with Crippen LogP contribution in [0.3, 0.4) is 0 Å². The molecule has 2 aliphatic heterocycles. The molecule has 9 heteroatoms. The first-order chi connectivity index (χ1) is 18.2. The SMILES string of the molecule is CN(C(=O)C=Cc1ccc(Cl)c(Cl)c1)[C@@H]1CC[C@@]2(O)[C@H]3Cc4ccc(O)c5c4[C@@]2(CCN3CC2CC2)[C@H]1O5.Cl. The van der Waals surface area contributed by atoms with Crippen molar-refractivity contribution in [1.82, 2.24) is 9.80 Å². The Balaban J connectivity index is 0.00000277. The van der Waals surface area contributed by atoms with Gasteiger partial charge in [0.15, 0.2) is 11.5 Å². The molecule has 1 saturated heterocycles. The van der Waals surface area contributed by atoms with Gasteiger partial charge >= 0.3 is 0 Å². The Labute approximate surface area is 244 Å². The number of rotatable bonds is 5. The molecule has 3 fully saturated rings. The van der Waals surface area contributed by atoms with Crippen molar-refractivity contribution in [2.24, 2.45) is 5.92 Å². The molecule has 1 spiro atoms. The Kier molecular flexibility index (Phi) is 6.67. The fourth-order valence-electron chi connectivity index (χ4n) is 7.92. The predicted molar refractivity (Wildman–Crippen MR) is 154 cm³/mol. The van der Waals surface area contributed by atoms with Gasteiger partial charge in [-0.1, -0.05) is 35.3 Å². The normalized spacial score (nSPS) is 32.4. The maximum absolute atomic E-state index is 13.4. The van der Waals surface area contributed by atoms with Crippen LogP contribution in [-0.4, -0.2) is 69.8 Å². The van der Waals surface area contributed by atoms with Gasteiger partial charge in [0, 0.05) is 31.3 Å². The highest BCUT2D eigenvalue weighted by molar-refractivity contribution is 6.42. The summed E-state index contributed by atoms with van der Waals surface area (Å²) < 4.78 is 6.60. The van der Waals surface area contributed by atoms with Crippen LogP contribution in [0.2, 0.25) is 10.0 Å². The summed E-state index contributed by atoms with van der Waals surface area (Å²) in [6.07, 6.45) is 8.13. The number of aromatic hydroxyl groups is 1. The second-order valence-electron chi connectivity index (χ2n) is 11.9. The zero-order valence-corrected chi connectivity index (χ0v) is 24.1. The lowest BCUT2D eigenvalue weighted by Gasteiger charge is -2.64. The highest BCUT2D eigenvalue weighted by Crippen LogP contribution is 2.66. The first-order valence-corrected chi connectivity index (χ1v) is 14.4. The van der Waals surface area contributed by atoms with Crippen LogP contribution in [0.25, 0.3) is 6.08 Å². The number of hydrogen-bond donors (Lipinski definition) is 2. The number of likely N-dealkylation sites (N-methyl/N-ethyl adjacent to an activating group) is 1. The van der Waals surface area contributed by atoms with Crippen LogP contribution in [0.5, 0.6) is 11.5 Å². The van der Waals surface area contributed by atoms with Crippen molar-refractivity contribution in [2.75, 3.05) is 20.1 Å². The third-order valence-corrected chi connectivity index (χ3v) is 10.7. The molecule has 39 heavy (non-hydrogen) atoms. The average molecular weight is 592 g/mol. The molecule has 2 bridgehead atoms. The number of carbonyl (C=O) groups excluding carboxylic acids is 1. The van der Waals surface area contributed by atoms with E-state index in [9.17, 15) is 15.0 Å². The minimum Gasteiger partial charge on any atom is -0.504 e. The van der Waals surface area contributed by atoms with Crippen molar-refractivity contribution in [1.29, 1.82) is 0 Å². The standard InChI is InChI=1S/C30H32Cl2N2O4.ClH/c1-33(25(36)9-5-17-4-7-20(31)21(32)14-17)22-10-11-30(37)24-15-19-6-8-23(35)27-26(19)29(30,28(22)38-27)12-13-34(24)16-18-2-3-18;/h4-9,14,18,22,24,28,35,37H,2-3,10-13,15-16H2,1H3;1H/t22-,24-,28+,29+,30-;/m1./s1. The summed E-state index contributed by atoms with van der Waals surface area (Å²) in [6, 6.07) is 8.76. The van der Waals surface area contributed by atoms with Gasteiger partial charge in [-0.3, -0.25) is 9.69 Å². The maximum atomic E-state index is 13.4. The third-order valence-electron chi connectivity index (χ3n) is 9.94. The highest BCUT2D eigenvalue weighted by atomic mass is 35.5. The Hall–Kier alpha value is -1.96. The van der Waals surface area contributed by atoms with E-state index in [1.807, 2.05) is 19.2 Å². The van der Waals surface area contributed by atoms with Gasteiger partial charge in [0.1, 0.15) is 6.10 Å². The second-order valence-corrected chi connectivity index (χ2v) is 12.7. The van der Waals surface area contributed by atoms with Gasteiger partial charge in [-0.15, -0.1) is 12.4 Å². The van der Waals surface area contributed by atoms with Crippen molar-refractivity contribution in [3.63, 3.8) is 0 Å². The Morgan fingerprint density at radius 2 is 1.97 bits per heavy atom. The molecule has 2 saturated carbocycles. The van der Waals surface area contributed by atoms with Gasteiger partial charge in [-0.2, -0.15) is 0 Å².